The lowest BCUT2D eigenvalue weighted by molar-refractivity contribution is -0.146. The van der Waals surface area contributed by atoms with Crippen LogP contribution in [-0.2, 0) is 9.47 Å². The second kappa shape index (κ2) is 4.60. The zero-order valence-electron chi connectivity index (χ0n) is 9.85. The van der Waals surface area contributed by atoms with Gasteiger partial charge < -0.3 is 14.8 Å². The van der Waals surface area contributed by atoms with Crippen LogP contribution in [0, 0.1) is 0 Å². The molecule has 0 aliphatic carbocycles. The second-order valence-electron chi connectivity index (χ2n) is 4.74. The molecule has 1 heterocycles. The summed E-state index contributed by atoms with van der Waals surface area (Å²) < 4.78 is 11.1. The molecule has 1 fully saturated rings. The van der Waals surface area contributed by atoms with Crippen LogP contribution >= 0.6 is 0 Å². The summed E-state index contributed by atoms with van der Waals surface area (Å²) in [6, 6.07) is 0. The molecule has 0 atom stereocenters. The summed E-state index contributed by atoms with van der Waals surface area (Å²) in [7, 11) is 0. The summed E-state index contributed by atoms with van der Waals surface area (Å²) in [5, 5.41) is 3.50. The summed E-state index contributed by atoms with van der Waals surface area (Å²) in [5.41, 5.74) is 0.217. The molecule has 1 rings (SSSR count). The Labute approximate surface area is 87.2 Å². The maximum absolute atomic E-state index is 5.53. The second-order valence-corrected chi connectivity index (χ2v) is 4.74. The Morgan fingerprint density at radius 2 is 1.86 bits per heavy atom. The predicted molar refractivity (Wildman–Crippen MR) is 57.3 cm³/mol. The SMILES string of the molecule is CCC(C)(C)NCCC1(C)OCCO1. The van der Waals surface area contributed by atoms with Gasteiger partial charge in [0.15, 0.2) is 5.79 Å². The van der Waals surface area contributed by atoms with E-state index in [9.17, 15) is 0 Å². The largest absolute Gasteiger partial charge is 0.348 e. The van der Waals surface area contributed by atoms with Crippen molar-refractivity contribution in [1.82, 2.24) is 5.32 Å². The smallest absolute Gasteiger partial charge is 0.166 e. The van der Waals surface area contributed by atoms with Crippen LogP contribution in [0.1, 0.15) is 40.5 Å². The Morgan fingerprint density at radius 1 is 1.29 bits per heavy atom. The van der Waals surface area contributed by atoms with Crippen molar-refractivity contribution < 1.29 is 9.47 Å². The minimum Gasteiger partial charge on any atom is -0.348 e. The Balaban J connectivity index is 2.20. The summed E-state index contributed by atoms with van der Waals surface area (Å²) in [6.45, 7) is 11.0. The average Bonchev–Trinajstić information content (AvgIpc) is 2.52. The van der Waals surface area contributed by atoms with Gasteiger partial charge in [-0.25, -0.2) is 0 Å². The third-order valence-corrected chi connectivity index (χ3v) is 2.96. The number of hydrogen-bond donors (Lipinski definition) is 1. The van der Waals surface area contributed by atoms with Gasteiger partial charge in [0.25, 0.3) is 0 Å². The third-order valence-electron chi connectivity index (χ3n) is 2.96. The molecule has 1 aliphatic heterocycles. The van der Waals surface area contributed by atoms with Crippen LogP contribution in [0.25, 0.3) is 0 Å². The fraction of sp³-hybridized carbons (Fsp3) is 1.00. The van der Waals surface area contributed by atoms with Gasteiger partial charge in [-0.05, 0) is 27.2 Å². The molecule has 3 nitrogen and oxygen atoms in total. The van der Waals surface area contributed by atoms with Gasteiger partial charge in [-0.2, -0.15) is 0 Å². The third kappa shape index (κ3) is 3.56. The molecule has 0 aromatic rings. The summed E-state index contributed by atoms with van der Waals surface area (Å²) >= 11 is 0. The molecule has 0 radical (unpaired) electrons. The first-order valence-corrected chi connectivity index (χ1v) is 5.50. The molecule has 0 aromatic carbocycles. The van der Waals surface area contributed by atoms with E-state index in [1.807, 2.05) is 6.92 Å². The standard InChI is InChI=1S/C11H23NO2/c1-5-10(2,3)12-7-6-11(4)13-8-9-14-11/h12H,5-9H2,1-4H3. The van der Waals surface area contributed by atoms with E-state index >= 15 is 0 Å². The molecule has 0 spiro atoms. The summed E-state index contributed by atoms with van der Waals surface area (Å²) in [5.74, 6) is -0.350. The van der Waals surface area contributed by atoms with Crippen molar-refractivity contribution >= 4 is 0 Å². The van der Waals surface area contributed by atoms with E-state index in [2.05, 4.69) is 26.1 Å². The minimum atomic E-state index is -0.350. The van der Waals surface area contributed by atoms with Gasteiger partial charge >= 0.3 is 0 Å². The van der Waals surface area contributed by atoms with E-state index < -0.39 is 0 Å². The normalized spacial score (nSPS) is 21.4. The van der Waals surface area contributed by atoms with E-state index in [-0.39, 0.29) is 11.3 Å². The fourth-order valence-electron chi connectivity index (χ4n) is 1.45. The molecule has 0 amide bonds. The Bertz CT molecular complexity index is 174. The van der Waals surface area contributed by atoms with Gasteiger partial charge in [-0.3, -0.25) is 0 Å². The highest BCUT2D eigenvalue weighted by Gasteiger charge is 2.30. The lowest BCUT2D eigenvalue weighted by Crippen LogP contribution is -2.41. The molecule has 0 unspecified atom stereocenters. The van der Waals surface area contributed by atoms with Crippen LogP contribution in [0.5, 0.6) is 0 Å². The highest BCUT2D eigenvalue weighted by molar-refractivity contribution is 4.77. The molecular weight excluding hydrogens is 178 g/mol. The van der Waals surface area contributed by atoms with E-state index in [0.717, 1.165) is 32.6 Å². The topological polar surface area (TPSA) is 30.5 Å². The number of nitrogens with one attached hydrogen (secondary N) is 1. The van der Waals surface area contributed by atoms with Crippen molar-refractivity contribution in [1.29, 1.82) is 0 Å². The van der Waals surface area contributed by atoms with Crippen LogP contribution in [-0.4, -0.2) is 31.1 Å². The monoisotopic (exact) mass is 201 g/mol. The zero-order valence-corrected chi connectivity index (χ0v) is 9.85. The highest BCUT2D eigenvalue weighted by atomic mass is 16.7. The predicted octanol–water partition coefficient (Wildman–Crippen LogP) is 1.92. The van der Waals surface area contributed by atoms with Crippen molar-refractivity contribution in [2.75, 3.05) is 19.8 Å². The van der Waals surface area contributed by atoms with E-state index in [1.165, 1.54) is 0 Å². The lowest BCUT2D eigenvalue weighted by atomic mass is 10.0. The van der Waals surface area contributed by atoms with Crippen LogP contribution in [0.2, 0.25) is 0 Å². The molecule has 1 N–H and O–H groups in total. The van der Waals surface area contributed by atoms with Crippen molar-refractivity contribution in [3.63, 3.8) is 0 Å². The summed E-state index contributed by atoms with van der Waals surface area (Å²) in [6.07, 6.45) is 2.04. The molecule has 1 saturated heterocycles. The van der Waals surface area contributed by atoms with Gasteiger partial charge in [0.1, 0.15) is 0 Å². The Hall–Kier alpha value is -0.120. The van der Waals surface area contributed by atoms with Gasteiger partial charge in [-0.1, -0.05) is 6.92 Å². The van der Waals surface area contributed by atoms with Crippen molar-refractivity contribution in [3.05, 3.63) is 0 Å². The fourth-order valence-corrected chi connectivity index (χ4v) is 1.45. The molecular formula is C11H23NO2. The maximum atomic E-state index is 5.53. The molecule has 14 heavy (non-hydrogen) atoms. The molecule has 3 heteroatoms. The van der Waals surface area contributed by atoms with Crippen LogP contribution in [0.4, 0.5) is 0 Å². The van der Waals surface area contributed by atoms with Gasteiger partial charge in [0, 0.05) is 18.5 Å². The highest BCUT2D eigenvalue weighted by Crippen LogP contribution is 2.22. The van der Waals surface area contributed by atoms with Crippen LogP contribution in [0.3, 0.4) is 0 Å². The van der Waals surface area contributed by atoms with Crippen molar-refractivity contribution in [2.45, 2.75) is 51.9 Å². The first-order chi connectivity index (χ1) is 6.47. The Morgan fingerprint density at radius 3 is 2.36 bits per heavy atom. The zero-order chi connectivity index (χ0) is 10.7. The lowest BCUT2D eigenvalue weighted by Gasteiger charge is -2.28. The summed E-state index contributed by atoms with van der Waals surface area (Å²) in [4.78, 5) is 0. The molecule has 84 valence electrons. The first kappa shape index (κ1) is 12.0. The molecule has 0 bridgehead atoms. The molecule has 0 saturated carbocycles. The number of ether oxygens (including phenoxy) is 2. The molecule has 1 aliphatic rings. The van der Waals surface area contributed by atoms with Crippen LogP contribution < -0.4 is 5.32 Å². The van der Waals surface area contributed by atoms with E-state index in [1.54, 1.807) is 0 Å². The molecule has 0 aromatic heterocycles. The van der Waals surface area contributed by atoms with E-state index in [4.69, 9.17) is 9.47 Å². The number of rotatable bonds is 5. The van der Waals surface area contributed by atoms with Gasteiger partial charge in [-0.15, -0.1) is 0 Å². The van der Waals surface area contributed by atoms with Crippen molar-refractivity contribution in [2.24, 2.45) is 0 Å². The average molecular weight is 201 g/mol. The minimum absolute atomic E-state index is 0.217. The van der Waals surface area contributed by atoms with E-state index in [0.29, 0.717) is 0 Å². The maximum Gasteiger partial charge on any atom is 0.166 e. The van der Waals surface area contributed by atoms with Crippen LogP contribution in [0.15, 0.2) is 0 Å². The first-order valence-electron chi connectivity index (χ1n) is 5.50. The Kier molecular flexibility index (Phi) is 3.93. The van der Waals surface area contributed by atoms with Crippen molar-refractivity contribution in [3.8, 4) is 0 Å². The quantitative estimate of drug-likeness (QED) is 0.737. The van der Waals surface area contributed by atoms with Gasteiger partial charge in [0.2, 0.25) is 0 Å². The number of hydrogen-bond acceptors (Lipinski definition) is 3. The van der Waals surface area contributed by atoms with Gasteiger partial charge in [0.05, 0.1) is 13.2 Å².